The third-order valence-corrected chi connectivity index (χ3v) is 6.29. The fourth-order valence-electron chi connectivity index (χ4n) is 4.53. The van der Waals surface area contributed by atoms with E-state index in [9.17, 15) is 14.4 Å². The summed E-state index contributed by atoms with van der Waals surface area (Å²) in [6.07, 6.45) is 0.704. The number of carbonyl (C=O) groups excluding carboxylic acids is 3. The van der Waals surface area contributed by atoms with E-state index in [-0.39, 0.29) is 40.9 Å². The largest absolute Gasteiger partial charge is 0.465 e. The van der Waals surface area contributed by atoms with Crippen LogP contribution in [0.4, 0.5) is 0 Å². The lowest BCUT2D eigenvalue weighted by atomic mass is 9.94. The van der Waals surface area contributed by atoms with E-state index in [1.165, 1.54) is 7.11 Å². The molecule has 2 amide bonds. The summed E-state index contributed by atoms with van der Waals surface area (Å²) in [5, 5.41) is 0. The SMILES string of the molecule is CCC(C(=O)N1CCN(C(=O)c2nc(C)nc(C(C)C)c2C(=O)OC)CC1C)c1ccccc1. The predicted molar refractivity (Wildman–Crippen MR) is 129 cm³/mol. The number of rotatable bonds is 6. The van der Waals surface area contributed by atoms with Gasteiger partial charge in [-0.3, -0.25) is 9.59 Å². The van der Waals surface area contributed by atoms with E-state index in [2.05, 4.69) is 9.97 Å². The molecule has 1 aromatic carbocycles. The molecule has 0 aliphatic carbocycles. The van der Waals surface area contributed by atoms with Gasteiger partial charge in [-0.15, -0.1) is 0 Å². The zero-order valence-electron chi connectivity index (χ0n) is 20.9. The number of methoxy groups -OCH3 is 1. The van der Waals surface area contributed by atoms with E-state index in [1.807, 2.05) is 62.9 Å². The van der Waals surface area contributed by atoms with Crippen LogP contribution < -0.4 is 0 Å². The molecule has 0 saturated carbocycles. The Morgan fingerprint density at radius 1 is 1.12 bits per heavy atom. The number of benzene rings is 1. The van der Waals surface area contributed by atoms with Crippen molar-refractivity contribution in [2.75, 3.05) is 26.7 Å². The Morgan fingerprint density at radius 3 is 2.35 bits per heavy atom. The third kappa shape index (κ3) is 5.11. The molecule has 34 heavy (non-hydrogen) atoms. The maximum Gasteiger partial charge on any atom is 0.342 e. The number of esters is 1. The molecule has 8 nitrogen and oxygen atoms in total. The second-order valence-electron chi connectivity index (χ2n) is 9.03. The van der Waals surface area contributed by atoms with Crippen molar-refractivity contribution in [3.8, 4) is 0 Å². The van der Waals surface area contributed by atoms with Gasteiger partial charge in [0.15, 0.2) is 0 Å². The molecule has 3 rings (SSSR count). The first-order valence-corrected chi connectivity index (χ1v) is 11.8. The van der Waals surface area contributed by atoms with E-state index < -0.39 is 5.97 Å². The number of aromatic nitrogens is 2. The summed E-state index contributed by atoms with van der Waals surface area (Å²) >= 11 is 0. The third-order valence-electron chi connectivity index (χ3n) is 6.29. The topological polar surface area (TPSA) is 92.7 Å². The molecule has 1 saturated heterocycles. The summed E-state index contributed by atoms with van der Waals surface area (Å²) in [5.41, 5.74) is 1.68. The lowest BCUT2D eigenvalue weighted by Crippen LogP contribution is -2.56. The maximum atomic E-state index is 13.5. The van der Waals surface area contributed by atoms with E-state index in [0.717, 1.165) is 5.56 Å². The molecular formula is C26H34N4O4. The van der Waals surface area contributed by atoms with E-state index in [0.29, 0.717) is 37.6 Å². The quantitative estimate of drug-likeness (QED) is 0.605. The van der Waals surface area contributed by atoms with Crippen molar-refractivity contribution in [2.45, 2.75) is 58.9 Å². The molecular weight excluding hydrogens is 432 g/mol. The summed E-state index contributed by atoms with van der Waals surface area (Å²) in [7, 11) is 1.28. The lowest BCUT2D eigenvalue weighted by molar-refractivity contribution is -0.137. The van der Waals surface area contributed by atoms with Gasteiger partial charge in [-0.05, 0) is 31.7 Å². The minimum Gasteiger partial charge on any atom is -0.465 e. The number of ether oxygens (including phenoxy) is 1. The monoisotopic (exact) mass is 466 g/mol. The highest BCUT2D eigenvalue weighted by atomic mass is 16.5. The zero-order valence-corrected chi connectivity index (χ0v) is 20.9. The van der Waals surface area contributed by atoms with Gasteiger partial charge in [-0.25, -0.2) is 14.8 Å². The van der Waals surface area contributed by atoms with E-state index in [1.54, 1.807) is 11.8 Å². The van der Waals surface area contributed by atoms with Crippen molar-refractivity contribution in [1.29, 1.82) is 0 Å². The fourth-order valence-corrected chi connectivity index (χ4v) is 4.53. The summed E-state index contributed by atoms with van der Waals surface area (Å²) in [4.78, 5) is 51.7. The van der Waals surface area contributed by atoms with Crippen LogP contribution in [0.15, 0.2) is 30.3 Å². The number of piperazine rings is 1. The van der Waals surface area contributed by atoms with Crippen LogP contribution in [0.1, 0.15) is 83.9 Å². The molecule has 182 valence electrons. The normalized spacial score (nSPS) is 17.0. The van der Waals surface area contributed by atoms with Gasteiger partial charge in [-0.1, -0.05) is 51.1 Å². The Hall–Kier alpha value is -3.29. The number of hydrogen-bond acceptors (Lipinski definition) is 6. The Kier molecular flexibility index (Phi) is 8.02. The van der Waals surface area contributed by atoms with Crippen molar-refractivity contribution < 1.29 is 19.1 Å². The van der Waals surface area contributed by atoms with E-state index >= 15 is 0 Å². The van der Waals surface area contributed by atoms with Crippen LogP contribution >= 0.6 is 0 Å². The van der Waals surface area contributed by atoms with Gasteiger partial charge in [0.05, 0.1) is 18.7 Å². The van der Waals surface area contributed by atoms with Gasteiger partial charge < -0.3 is 14.5 Å². The number of amides is 2. The molecule has 1 fully saturated rings. The molecule has 8 heteroatoms. The van der Waals surface area contributed by atoms with E-state index in [4.69, 9.17) is 4.74 Å². The van der Waals surface area contributed by atoms with Gasteiger partial charge in [0, 0.05) is 25.7 Å². The summed E-state index contributed by atoms with van der Waals surface area (Å²) in [6, 6.07) is 9.62. The zero-order chi connectivity index (χ0) is 25.0. The second-order valence-corrected chi connectivity index (χ2v) is 9.03. The van der Waals surface area contributed by atoms with Gasteiger partial charge in [0.1, 0.15) is 17.1 Å². The molecule has 1 aromatic heterocycles. The highest BCUT2D eigenvalue weighted by Gasteiger charge is 2.36. The molecule has 1 aliphatic rings. The van der Waals surface area contributed by atoms with Crippen LogP contribution in [0.5, 0.6) is 0 Å². The fraction of sp³-hybridized carbons (Fsp3) is 0.500. The Bertz CT molecular complexity index is 1050. The molecule has 2 unspecified atom stereocenters. The van der Waals surface area contributed by atoms with Crippen LogP contribution in [-0.2, 0) is 9.53 Å². The number of carbonyl (C=O) groups is 3. The van der Waals surface area contributed by atoms with Gasteiger partial charge >= 0.3 is 5.97 Å². The molecule has 2 atom stereocenters. The van der Waals surface area contributed by atoms with Crippen LogP contribution in [0.2, 0.25) is 0 Å². The van der Waals surface area contributed by atoms with Crippen LogP contribution in [-0.4, -0.2) is 70.3 Å². The lowest BCUT2D eigenvalue weighted by Gasteiger charge is -2.41. The first kappa shape index (κ1) is 25.3. The minimum absolute atomic E-state index is 0.0609. The Balaban J connectivity index is 1.84. The predicted octanol–water partition coefficient (Wildman–Crippen LogP) is 3.56. The van der Waals surface area contributed by atoms with Crippen LogP contribution in [0.25, 0.3) is 0 Å². The van der Waals surface area contributed by atoms with Crippen LogP contribution in [0, 0.1) is 6.92 Å². The van der Waals surface area contributed by atoms with Crippen molar-refractivity contribution in [2.24, 2.45) is 0 Å². The number of nitrogens with zero attached hydrogens (tertiary/aromatic N) is 4. The average molecular weight is 467 g/mol. The number of hydrogen-bond donors (Lipinski definition) is 0. The van der Waals surface area contributed by atoms with Gasteiger partial charge in [-0.2, -0.15) is 0 Å². The molecule has 2 aromatic rings. The summed E-state index contributed by atoms with van der Waals surface area (Å²) < 4.78 is 4.95. The summed E-state index contributed by atoms with van der Waals surface area (Å²) in [5.74, 6) is -0.766. The average Bonchev–Trinajstić information content (AvgIpc) is 2.83. The Morgan fingerprint density at radius 2 is 1.79 bits per heavy atom. The van der Waals surface area contributed by atoms with Gasteiger partial charge in [0.2, 0.25) is 5.91 Å². The molecule has 0 bridgehead atoms. The molecule has 1 aliphatic heterocycles. The van der Waals surface area contributed by atoms with Crippen molar-refractivity contribution in [1.82, 2.24) is 19.8 Å². The molecule has 0 spiro atoms. The minimum atomic E-state index is -0.623. The Labute approximate surface area is 201 Å². The maximum absolute atomic E-state index is 13.5. The van der Waals surface area contributed by atoms with Gasteiger partial charge in [0.25, 0.3) is 5.91 Å². The van der Waals surface area contributed by atoms with Crippen LogP contribution in [0.3, 0.4) is 0 Å². The summed E-state index contributed by atoms with van der Waals surface area (Å²) in [6.45, 7) is 10.6. The number of aryl methyl sites for hydroxylation is 1. The first-order chi connectivity index (χ1) is 16.2. The highest BCUT2D eigenvalue weighted by Crippen LogP contribution is 2.26. The standard InChI is InChI=1S/C26H34N4O4/c1-7-20(19-11-9-8-10-12-19)24(31)30-14-13-29(15-17(30)4)25(32)23-21(26(33)34-6)22(16(2)3)27-18(5)28-23/h8-12,16-17,20H,7,13-15H2,1-6H3. The molecule has 2 heterocycles. The molecule has 0 N–H and O–H groups in total. The second kappa shape index (κ2) is 10.8. The van der Waals surface area contributed by atoms with Crippen molar-refractivity contribution in [3.05, 3.63) is 58.7 Å². The smallest absolute Gasteiger partial charge is 0.342 e. The van der Waals surface area contributed by atoms with Crippen molar-refractivity contribution in [3.63, 3.8) is 0 Å². The first-order valence-electron chi connectivity index (χ1n) is 11.8. The molecule has 0 radical (unpaired) electrons. The van der Waals surface area contributed by atoms with Crippen molar-refractivity contribution >= 4 is 17.8 Å². The highest BCUT2D eigenvalue weighted by molar-refractivity contribution is 6.04.